The van der Waals surface area contributed by atoms with Crippen LogP contribution in [0.5, 0.6) is 0 Å². The van der Waals surface area contributed by atoms with Gasteiger partial charge in [0.2, 0.25) is 0 Å². The Morgan fingerprint density at radius 3 is 2.62 bits per heavy atom. The molecule has 4 aromatic rings. The molecule has 5 nitrogen and oxygen atoms in total. The number of alkyl halides is 3. The third-order valence-electron chi connectivity index (χ3n) is 4.88. The zero-order valence-electron chi connectivity index (χ0n) is 16.8. The zero-order chi connectivity index (χ0) is 22.9. The van der Waals surface area contributed by atoms with Gasteiger partial charge in [-0.25, -0.2) is 0 Å². The number of halogens is 3. The van der Waals surface area contributed by atoms with Gasteiger partial charge in [0.15, 0.2) is 5.82 Å². The van der Waals surface area contributed by atoms with Crippen molar-refractivity contribution in [2.45, 2.75) is 13.1 Å². The zero-order valence-corrected chi connectivity index (χ0v) is 16.8. The molecule has 1 aromatic heterocycles. The Morgan fingerprint density at radius 1 is 1.06 bits per heavy atom. The summed E-state index contributed by atoms with van der Waals surface area (Å²) in [6.07, 6.45) is -4.53. The lowest BCUT2D eigenvalue weighted by Crippen LogP contribution is -2.15. The van der Waals surface area contributed by atoms with Gasteiger partial charge in [0, 0.05) is 22.4 Å². The van der Waals surface area contributed by atoms with E-state index >= 15 is 0 Å². The largest absolute Gasteiger partial charge is 0.416 e. The first-order valence-corrected chi connectivity index (χ1v) is 9.56. The second kappa shape index (κ2) is 8.12. The number of hydrogen-bond donors (Lipinski definition) is 3. The molecule has 8 heteroatoms. The van der Waals surface area contributed by atoms with E-state index in [1.54, 1.807) is 24.3 Å². The van der Waals surface area contributed by atoms with Gasteiger partial charge in [-0.1, -0.05) is 30.0 Å². The number of hydrogen-bond acceptors (Lipinski definition) is 3. The van der Waals surface area contributed by atoms with E-state index in [9.17, 15) is 18.0 Å². The number of nitrogens with zero attached hydrogens (tertiary/aromatic N) is 1. The summed E-state index contributed by atoms with van der Waals surface area (Å²) in [7, 11) is 0. The number of nitrogens with one attached hydrogen (secondary N) is 2. The Bertz CT molecular complexity index is 1390. The van der Waals surface area contributed by atoms with E-state index in [0.717, 1.165) is 17.0 Å². The summed E-state index contributed by atoms with van der Waals surface area (Å²) in [5.74, 6) is 5.77. The van der Waals surface area contributed by atoms with Gasteiger partial charge in [0.25, 0.3) is 5.91 Å². The van der Waals surface area contributed by atoms with Crippen LogP contribution in [0.3, 0.4) is 0 Å². The Morgan fingerprint density at radius 2 is 1.84 bits per heavy atom. The molecule has 4 rings (SSSR count). The summed E-state index contributed by atoms with van der Waals surface area (Å²) < 4.78 is 39.4. The van der Waals surface area contributed by atoms with Crippen LogP contribution in [0.15, 0.2) is 60.7 Å². The van der Waals surface area contributed by atoms with Crippen LogP contribution in [-0.4, -0.2) is 16.1 Å². The maximum atomic E-state index is 13.1. The summed E-state index contributed by atoms with van der Waals surface area (Å²) in [4.78, 5) is 12.5. The minimum absolute atomic E-state index is 0.0552. The van der Waals surface area contributed by atoms with Crippen molar-refractivity contribution in [2.24, 2.45) is 0 Å². The van der Waals surface area contributed by atoms with Crippen LogP contribution >= 0.6 is 0 Å². The van der Waals surface area contributed by atoms with Gasteiger partial charge >= 0.3 is 6.18 Å². The van der Waals surface area contributed by atoms with Crippen molar-refractivity contribution in [1.82, 2.24) is 10.2 Å². The predicted molar refractivity (Wildman–Crippen MR) is 117 cm³/mol. The number of rotatable bonds is 2. The Kier molecular flexibility index (Phi) is 5.33. The monoisotopic (exact) mass is 434 g/mol. The summed E-state index contributed by atoms with van der Waals surface area (Å²) in [5.41, 5.74) is 7.53. The van der Waals surface area contributed by atoms with Gasteiger partial charge in [-0.05, 0) is 55.0 Å². The highest BCUT2D eigenvalue weighted by Gasteiger charge is 2.33. The van der Waals surface area contributed by atoms with Crippen LogP contribution in [0.25, 0.3) is 10.9 Å². The number of benzene rings is 3. The molecule has 32 heavy (non-hydrogen) atoms. The van der Waals surface area contributed by atoms with Gasteiger partial charge in [-0.3, -0.25) is 9.89 Å². The average molecular weight is 434 g/mol. The molecule has 1 amide bonds. The molecule has 0 saturated heterocycles. The molecular formula is C24H17F3N4O. The van der Waals surface area contributed by atoms with Crippen molar-refractivity contribution in [3.63, 3.8) is 0 Å². The first kappa shape index (κ1) is 21.0. The molecule has 0 aliphatic heterocycles. The van der Waals surface area contributed by atoms with Gasteiger partial charge < -0.3 is 11.1 Å². The Balaban J connectivity index is 1.58. The van der Waals surface area contributed by atoms with E-state index in [-0.39, 0.29) is 11.1 Å². The predicted octanol–water partition coefficient (Wildman–Crippen LogP) is 5.12. The fourth-order valence-corrected chi connectivity index (χ4v) is 3.29. The fraction of sp³-hybridized carbons (Fsp3) is 0.0833. The SMILES string of the molecule is Cc1ccc(C(=O)Nc2cccc(C#Cc3cccc4[nH]nc(N)c34)c2)cc1C(F)(F)F. The van der Waals surface area contributed by atoms with E-state index in [1.165, 1.54) is 19.1 Å². The van der Waals surface area contributed by atoms with Gasteiger partial charge in [-0.15, -0.1) is 0 Å². The van der Waals surface area contributed by atoms with E-state index < -0.39 is 17.6 Å². The van der Waals surface area contributed by atoms with E-state index in [2.05, 4.69) is 27.4 Å². The number of fused-ring (bicyclic) bond motifs is 1. The highest BCUT2D eigenvalue weighted by Crippen LogP contribution is 2.32. The third kappa shape index (κ3) is 4.27. The molecule has 0 saturated carbocycles. The number of amides is 1. The van der Waals surface area contributed by atoms with Crippen molar-refractivity contribution < 1.29 is 18.0 Å². The molecule has 160 valence electrons. The number of nitrogen functional groups attached to an aromatic ring is 1. The summed E-state index contributed by atoms with van der Waals surface area (Å²) in [6, 6.07) is 15.7. The quantitative estimate of drug-likeness (QED) is 0.383. The molecule has 4 N–H and O–H groups in total. The van der Waals surface area contributed by atoms with E-state index in [1.807, 2.05) is 18.2 Å². The van der Waals surface area contributed by atoms with Gasteiger partial charge in [-0.2, -0.15) is 18.3 Å². The number of aromatic amines is 1. The normalized spacial score (nSPS) is 11.1. The average Bonchev–Trinajstić information content (AvgIpc) is 3.13. The molecule has 0 spiro atoms. The lowest BCUT2D eigenvalue weighted by atomic mass is 10.0. The first-order chi connectivity index (χ1) is 15.2. The second-order valence-corrected chi connectivity index (χ2v) is 7.15. The summed E-state index contributed by atoms with van der Waals surface area (Å²) in [6.45, 7) is 1.35. The highest BCUT2D eigenvalue weighted by molar-refractivity contribution is 6.04. The maximum absolute atomic E-state index is 13.1. The lowest BCUT2D eigenvalue weighted by Gasteiger charge is -2.12. The number of aromatic nitrogens is 2. The molecule has 0 aliphatic carbocycles. The Labute approximate surface area is 181 Å². The van der Waals surface area contributed by atoms with E-state index in [4.69, 9.17) is 5.73 Å². The fourth-order valence-electron chi connectivity index (χ4n) is 3.29. The molecule has 0 atom stereocenters. The van der Waals surface area contributed by atoms with Crippen LogP contribution in [0, 0.1) is 18.8 Å². The van der Waals surface area contributed by atoms with Crippen LogP contribution in [-0.2, 0) is 6.18 Å². The molecule has 0 aliphatic rings. The third-order valence-corrected chi connectivity index (χ3v) is 4.88. The maximum Gasteiger partial charge on any atom is 0.416 e. The summed E-state index contributed by atoms with van der Waals surface area (Å²) >= 11 is 0. The van der Waals surface area contributed by atoms with Crippen molar-refractivity contribution in [3.8, 4) is 11.8 Å². The lowest BCUT2D eigenvalue weighted by molar-refractivity contribution is -0.138. The number of nitrogens with two attached hydrogens (primary N) is 1. The van der Waals surface area contributed by atoms with Crippen LogP contribution < -0.4 is 11.1 Å². The van der Waals surface area contributed by atoms with Crippen molar-refractivity contribution in [3.05, 3.63) is 88.5 Å². The first-order valence-electron chi connectivity index (χ1n) is 9.56. The molecule has 3 aromatic carbocycles. The molecule has 0 unspecified atom stereocenters. The number of carbonyl (C=O) groups excluding carboxylic acids is 1. The summed E-state index contributed by atoms with van der Waals surface area (Å²) in [5, 5.41) is 10.2. The van der Waals surface area contributed by atoms with Gasteiger partial charge in [0.05, 0.1) is 16.5 Å². The van der Waals surface area contributed by atoms with Crippen molar-refractivity contribution in [1.29, 1.82) is 0 Å². The minimum Gasteiger partial charge on any atom is -0.382 e. The van der Waals surface area contributed by atoms with E-state index in [0.29, 0.717) is 22.6 Å². The van der Waals surface area contributed by atoms with Gasteiger partial charge in [0.1, 0.15) is 0 Å². The molecular weight excluding hydrogens is 417 g/mol. The van der Waals surface area contributed by atoms with Crippen LogP contribution in [0.2, 0.25) is 0 Å². The number of anilines is 2. The van der Waals surface area contributed by atoms with Crippen LogP contribution in [0.1, 0.15) is 32.6 Å². The molecule has 1 heterocycles. The Hall–Kier alpha value is -4.25. The number of carbonyl (C=O) groups is 1. The topological polar surface area (TPSA) is 83.8 Å². The second-order valence-electron chi connectivity index (χ2n) is 7.15. The van der Waals surface area contributed by atoms with Crippen LogP contribution in [0.4, 0.5) is 24.7 Å². The van der Waals surface area contributed by atoms with Crippen molar-refractivity contribution in [2.75, 3.05) is 11.1 Å². The molecule has 0 radical (unpaired) electrons. The molecule has 0 fully saturated rings. The molecule has 0 bridgehead atoms. The standard InChI is InChI=1S/C24H17F3N4O/c1-14-8-10-17(13-19(14)24(25,26)27)23(32)29-18-6-2-4-15(12-18)9-11-16-5-3-7-20-21(16)22(28)31-30-20/h2-8,10,12-13H,1H3,(H,29,32)(H3,28,30,31). The minimum atomic E-state index is -4.53. The number of H-pyrrole nitrogens is 1. The number of aryl methyl sites for hydroxylation is 1. The highest BCUT2D eigenvalue weighted by atomic mass is 19.4. The van der Waals surface area contributed by atoms with Crippen molar-refractivity contribution >= 4 is 28.3 Å². The smallest absolute Gasteiger partial charge is 0.382 e.